The number of hydrogen-bond donors (Lipinski definition) is 0. The van der Waals surface area contributed by atoms with Crippen LogP contribution in [-0.4, -0.2) is 43.1 Å². The van der Waals surface area contributed by atoms with Crippen LogP contribution in [0.2, 0.25) is 0 Å². The zero-order valence-corrected chi connectivity index (χ0v) is 16.2. The van der Waals surface area contributed by atoms with Gasteiger partial charge >= 0.3 is 6.18 Å². The summed E-state index contributed by atoms with van der Waals surface area (Å²) in [5, 5.41) is 11.2. The summed E-state index contributed by atoms with van der Waals surface area (Å²) in [4.78, 5) is 23.5. The topological polar surface area (TPSA) is 97.6 Å². The second-order valence-corrected chi connectivity index (χ2v) is 8.43. The van der Waals surface area contributed by atoms with E-state index in [0.29, 0.717) is 4.90 Å². The van der Waals surface area contributed by atoms with Gasteiger partial charge in [-0.05, 0) is 24.6 Å². The molecule has 156 valence electrons. The number of aryl methyl sites for hydroxylation is 1. The fourth-order valence-corrected chi connectivity index (χ4v) is 3.32. The molecule has 0 radical (unpaired) electrons. The van der Waals surface area contributed by atoms with Gasteiger partial charge in [0.15, 0.2) is 9.84 Å². The Morgan fingerprint density at radius 1 is 1.17 bits per heavy atom. The van der Waals surface area contributed by atoms with Crippen LogP contribution in [0.4, 0.5) is 18.9 Å². The molecule has 0 aliphatic carbocycles. The van der Waals surface area contributed by atoms with Gasteiger partial charge in [0.2, 0.25) is 0 Å². The Bertz CT molecular complexity index is 1050. The van der Waals surface area contributed by atoms with Crippen molar-refractivity contribution in [3.63, 3.8) is 0 Å². The molecule has 2 aromatic carbocycles. The molecule has 0 unspecified atom stereocenters. The smallest absolute Gasteiger partial charge is 0.325 e. The van der Waals surface area contributed by atoms with Gasteiger partial charge in [-0.25, -0.2) is 8.42 Å². The number of alkyl halides is 3. The number of sulfone groups is 1. The van der Waals surface area contributed by atoms with E-state index in [9.17, 15) is 36.5 Å². The Balaban J connectivity index is 2.51. The minimum atomic E-state index is -4.76. The maximum Gasteiger partial charge on any atom is 0.406 e. The number of para-hydroxylation sites is 1. The second-order valence-electron chi connectivity index (χ2n) is 6.41. The molecule has 0 saturated heterocycles. The zero-order chi connectivity index (χ0) is 22.0. The Labute approximate surface area is 164 Å². The van der Waals surface area contributed by atoms with E-state index in [1.807, 2.05) is 0 Å². The van der Waals surface area contributed by atoms with Crippen molar-refractivity contribution in [2.75, 3.05) is 12.8 Å². The van der Waals surface area contributed by atoms with Crippen molar-refractivity contribution >= 4 is 21.4 Å². The van der Waals surface area contributed by atoms with E-state index in [-0.39, 0.29) is 21.6 Å². The van der Waals surface area contributed by atoms with E-state index >= 15 is 0 Å². The molecule has 11 heteroatoms. The normalized spacial score (nSPS) is 11.9. The zero-order valence-electron chi connectivity index (χ0n) is 15.4. The van der Waals surface area contributed by atoms with E-state index in [0.717, 1.165) is 18.4 Å². The maximum absolute atomic E-state index is 13.1. The Morgan fingerprint density at radius 2 is 1.79 bits per heavy atom. The molecule has 0 heterocycles. The predicted octanol–water partition coefficient (Wildman–Crippen LogP) is 3.51. The van der Waals surface area contributed by atoms with E-state index < -0.39 is 45.6 Å². The number of rotatable bonds is 6. The van der Waals surface area contributed by atoms with Gasteiger partial charge in [-0.2, -0.15) is 13.2 Å². The van der Waals surface area contributed by atoms with Gasteiger partial charge in [-0.15, -0.1) is 0 Å². The molecule has 1 amide bonds. The maximum atomic E-state index is 13.1. The van der Waals surface area contributed by atoms with Crippen molar-refractivity contribution in [1.82, 2.24) is 4.90 Å². The highest BCUT2D eigenvalue weighted by molar-refractivity contribution is 7.90. The SMILES string of the molecule is Cc1ccc(S(C)(=O)=O)cc1C(=O)N(Cc1ccccc1[N+](=O)[O-])CC(F)(F)F. The lowest BCUT2D eigenvalue weighted by Crippen LogP contribution is -2.39. The van der Waals surface area contributed by atoms with Crippen molar-refractivity contribution in [1.29, 1.82) is 0 Å². The summed E-state index contributed by atoms with van der Waals surface area (Å²) in [6.45, 7) is -0.867. The molecule has 0 aliphatic rings. The molecule has 0 spiro atoms. The third-order valence-corrected chi connectivity index (χ3v) is 5.18. The lowest BCUT2D eigenvalue weighted by Gasteiger charge is -2.25. The Kier molecular flexibility index (Phi) is 6.31. The Morgan fingerprint density at radius 3 is 2.34 bits per heavy atom. The van der Waals surface area contributed by atoms with Crippen LogP contribution in [0.5, 0.6) is 0 Å². The van der Waals surface area contributed by atoms with Gasteiger partial charge in [0.1, 0.15) is 6.54 Å². The third-order valence-electron chi connectivity index (χ3n) is 4.07. The van der Waals surface area contributed by atoms with Crippen molar-refractivity contribution < 1.29 is 31.3 Å². The quantitative estimate of drug-likeness (QED) is 0.516. The molecular weight excluding hydrogens is 413 g/mol. The first-order valence-corrected chi connectivity index (χ1v) is 10.1. The first kappa shape index (κ1) is 22.3. The number of hydrogen-bond acceptors (Lipinski definition) is 5. The van der Waals surface area contributed by atoms with Crippen LogP contribution in [0.1, 0.15) is 21.5 Å². The second kappa shape index (κ2) is 8.19. The summed E-state index contributed by atoms with van der Waals surface area (Å²) in [6, 6.07) is 8.73. The molecule has 29 heavy (non-hydrogen) atoms. The van der Waals surface area contributed by atoms with Gasteiger partial charge in [0.25, 0.3) is 11.6 Å². The number of nitrogens with zero attached hydrogens (tertiary/aromatic N) is 2. The fourth-order valence-electron chi connectivity index (χ4n) is 2.68. The van der Waals surface area contributed by atoms with Gasteiger partial charge < -0.3 is 4.90 Å². The Hall–Kier alpha value is -2.95. The lowest BCUT2D eigenvalue weighted by atomic mass is 10.1. The van der Waals surface area contributed by atoms with Crippen LogP contribution in [0.3, 0.4) is 0 Å². The highest BCUT2D eigenvalue weighted by Gasteiger charge is 2.35. The molecule has 0 aliphatic heterocycles. The van der Waals surface area contributed by atoms with E-state index in [2.05, 4.69) is 0 Å². The van der Waals surface area contributed by atoms with E-state index in [4.69, 9.17) is 0 Å². The number of halogens is 3. The molecular formula is C18H17F3N2O5S. The fraction of sp³-hybridized carbons (Fsp3) is 0.278. The average Bonchev–Trinajstić information content (AvgIpc) is 2.59. The highest BCUT2D eigenvalue weighted by atomic mass is 32.2. The number of carbonyl (C=O) groups is 1. The standard InChI is InChI=1S/C18H17F3N2O5S/c1-12-7-8-14(29(2,27)28)9-15(12)17(24)22(11-18(19,20)21)10-13-5-3-4-6-16(13)23(25)26/h3-9H,10-11H2,1-2H3. The number of nitro benzene ring substituents is 1. The number of amides is 1. The minimum Gasteiger partial charge on any atom is -0.325 e. The monoisotopic (exact) mass is 430 g/mol. The lowest BCUT2D eigenvalue weighted by molar-refractivity contribution is -0.385. The van der Waals surface area contributed by atoms with Gasteiger partial charge in [-0.3, -0.25) is 14.9 Å². The summed E-state index contributed by atoms with van der Waals surface area (Å²) in [7, 11) is -3.70. The first-order valence-electron chi connectivity index (χ1n) is 8.18. The molecule has 2 rings (SSSR count). The molecule has 0 N–H and O–H groups in total. The van der Waals surface area contributed by atoms with E-state index in [1.165, 1.54) is 37.3 Å². The molecule has 0 atom stereocenters. The van der Waals surface area contributed by atoms with Crippen LogP contribution in [0, 0.1) is 17.0 Å². The largest absolute Gasteiger partial charge is 0.406 e. The summed E-state index contributed by atoms with van der Waals surface area (Å²) in [5.74, 6) is -1.08. The number of carbonyl (C=O) groups excluding carboxylic acids is 1. The number of nitro groups is 1. The van der Waals surface area contributed by atoms with Gasteiger partial charge in [0, 0.05) is 23.4 Å². The van der Waals surface area contributed by atoms with Crippen LogP contribution in [0.15, 0.2) is 47.4 Å². The minimum absolute atomic E-state index is 0.0768. The van der Waals surface area contributed by atoms with Gasteiger partial charge in [-0.1, -0.05) is 24.3 Å². The summed E-state index contributed by atoms with van der Waals surface area (Å²) in [5.41, 5.74) is -0.450. The summed E-state index contributed by atoms with van der Waals surface area (Å²) >= 11 is 0. The average molecular weight is 430 g/mol. The predicted molar refractivity (Wildman–Crippen MR) is 98.2 cm³/mol. The summed E-state index contributed by atoms with van der Waals surface area (Å²) < 4.78 is 62.8. The third kappa shape index (κ3) is 5.76. The van der Waals surface area contributed by atoms with Crippen molar-refractivity contribution in [2.24, 2.45) is 0 Å². The van der Waals surface area contributed by atoms with Crippen molar-refractivity contribution in [3.05, 3.63) is 69.3 Å². The molecule has 2 aromatic rings. The molecule has 7 nitrogen and oxygen atoms in total. The van der Waals surface area contributed by atoms with Crippen LogP contribution >= 0.6 is 0 Å². The van der Waals surface area contributed by atoms with E-state index in [1.54, 1.807) is 0 Å². The van der Waals surface area contributed by atoms with Crippen LogP contribution in [0.25, 0.3) is 0 Å². The van der Waals surface area contributed by atoms with Crippen LogP contribution < -0.4 is 0 Å². The van der Waals surface area contributed by atoms with Gasteiger partial charge in [0.05, 0.1) is 16.4 Å². The molecule has 0 saturated carbocycles. The highest BCUT2D eigenvalue weighted by Crippen LogP contribution is 2.26. The molecule has 0 aromatic heterocycles. The molecule has 0 bridgehead atoms. The first-order chi connectivity index (χ1) is 13.3. The van der Waals surface area contributed by atoms with Crippen LogP contribution in [-0.2, 0) is 16.4 Å². The summed E-state index contributed by atoms with van der Waals surface area (Å²) in [6.07, 6.45) is -3.85. The number of benzene rings is 2. The molecule has 0 fully saturated rings. The van der Waals surface area contributed by atoms with Crippen molar-refractivity contribution in [2.45, 2.75) is 24.5 Å². The van der Waals surface area contributed by atoms with Crippen molar-refractivity contribution in [3.8, 4) is 0 Å².